The smallest absolute Gasteiger partial charge is 0.533 e. The second-order valence-corrected chi connectivity index (χ2v) is 9.24. The van der Waals surface area contributed by atoms with Gasteiger partial charge >= 0.3 is 29.6 Å². The first kappa shape index (κ1) is 25.0. The molecular formula is C20H28N5NaO3S. The SMILES string of the molecule is Cc1cc(C)cc(CC(=O)[N-]S(=O)(=O)NC2CCCN(C)C2c2cnn(C)c2)c1.[Na+]. The first-order chi connectivity index (χ1) is 13.6. The van der Waals surface area contributed by atoms with Crippen molar-refractivity contribution >= 4 is 16.1 Å². The summed E-state index contributed by atoms with van der Waals surface area (Å²) in [5.41, 5.74) is 3.75. The number of hydrogen-bond donors (Lipinski definition) is 1. The van der Waals surface area contributed by atoms with Crippen LogP contribution in [-0.2, 0) is 28.5 Å². The largest absolute Gasteiger partial charge is 1.00 e. The van der Waals surface area contributed by atoms with Crippen LogP contribution in [0.1, 0.15) is 41.1 Å². The maximum atomic E-state index is 12.6. The van der Waals surface area contributed by atoms with E-state index >= 15 is 0 Å². The monoisotopic (exact) mass is 441 g/mol. The van der Waals surface area contributed by atoms with Crippen molar-refractivity contribution in [2.45, 2.75) is 45.2 Å². The van der Waals surface area contributed by atoms with Crippen LogP contribution >= 0.6 is 0 Å². The summed E-state index contributed by atoms with van der Waals surface area (Å²) in [6.45, 7) is 4.74. The van der Waals surface area contributed by atoms with Gasteiger partial charge < -0.3 is 9.52 Å². The van der Waals surface area contributed by atoms with Gasteiger partial charge in [-0.05, 0) is 45.8 Å². The van der Waals surface area contributed by atoms with Gasteiger partial charge in [0.15, 0.2) is 10.2 Å². The van der Waals surface area contributed by atoms with E-state index in [0.717, 1.165) is 35.2 Å². The van der Waals surface area contributed by atoms with Crippen LogP contribution in [0.4, 0.5) is 0 Å². The van der Waals surface area contributed by atoms with Crippen LogP contribution in [0.3, 0.4) is 0 Å². The summed E-state index contributed by atoms with van der Waals surface area (Å²) >= 11 is 0. The van der Waals surface area contributed by atoms with Gasteiger partial charge in [0, 0.05) is 31.3 Å². The van der Waals surface area contributed by atoms with Gasteiger partial charge in [0.2, 0.25) is 0 Å². The average molecular weight is 442 g/mol. The summed E-state index contributed by atoms with van der Waals surface area (Å²) in [6.07, 6.45) is 5.12. The molecule has 1 N–H and O–H groups in total. The summed E-state index contributed by atoms with van der Waals surface area (Å²) in [4.78, 5) is 14.4. The molecule has 0 bridgehead atoms. The van der Waals surface area contributed by atoms with Gasteiger partial charge in [-0.3, -0.25) is 9.58 Å². The minimum atomic E-state index is -4.11. The third-order valence-corrected chi connectivity index (χ3v) is 6.15. The Hall–Kier alpha value is -1.23. The van der Waals surface area contributed by atoms with E-state index in [1.54, 1.807) is 10.9 Å². The molecule has 0 aliphatic carbocycles. The number of aryl methyl sites for hydroxylation is 3. The first-order valence-electron chi connectivity index (χ1n) is 9.67. The zero-order chi connectivity index (χ0) is 21.2. The number of benzene rings is 1. The Morgan fingerprint density at radius 1 is 1.23 bits per heavy atom. The number of aromatic nitrogens is 2. The molecule has 1 aromatic heterocycles. The minimum Gasteiger partial charge on any atom is -0.533 e. The van der Waals surface area contributed by atoms with E-state index < -0.39 is 16.1 Å². The van der Waals surface area contributed by atoms with Gasteiger partial charge in [-0.1, -0.05) is 29.3 Å². The number of amides is 1. The second-order valence-electron chi connectivity index (χ2n) is 7.87. The zero-order valence-corrected chi connectivity index (χ0v) is 21.1. The van der Waals surface area contributed by atoms with E-state index in [4.69, 9.17) is 0 Å². The molecule has 1 amide bonds. The Labute approximate surface area is 200 Å². The fourth-order valence-corrected chi connectivity index (χ4v) is 5.11. The molecular weight excluding hydrogens is 413 g/mol. The quantitative estimate of drug-likeness (QED) is 0.589. The number of likely N-dealkylation sites (N-methyl/N-ethyl adjacent to an activating group) is 1. The third kappa shape index (κ3) is 6.63. The Balaban J connectivity index is 0.00000320. The number of carbonyl (C=O) groups is 1. The molecule has 10 heteroatoms. The molecule has 1 aliphatic rings. The molecule has 2 atom stereocenters. The number of rotatable bonds is 6. The fraction of sp³-hybridized carbons (Fsp3) is 0.500. The van der Waals surface area contributed by atoms with Crippen LogP contribution in [-0.4, -0.2) is 48.6 Å². The molecule has 30 heavy (non-hydrogen) atoms. The molecule has 1 saturated heterocycles. The Morgan fingerprint density at radius 3 is 2.50 bits per heavy atom. The van der Waals surface area contributed by atoms with Crippen LogP contribution in [0.15, 0.2) is 30.6 Å². The number of nitrogens with zero attached hydrogens (tertiary/aromatic N) is 4. The van der Waals surface area contributed by atoms with Crippen LogP contribution in [0.5, 0.6) is 0 Å². The average Bonchev–Trinajstić information content (AvgIpc) is 2.98. The Kier molecular flexibility index (Phi) is 8.67. The number of carbonyl (C=O) groups excluding carboxylic acids is 1. The fourth-order valence-electron chi connectivity index (χ4n) is 4.10. The normalized spacial score (nSPS) is 19.9. The summed E-state index contributed by atoms with van der Waals surface area (Å²) in [6, 6.07) is 5.21. The van der Waals surface area contributed by atoms with Crippen molar-refractivity contribution in [2.75, 3.05) is 13.6 Å². The van der Waals surface area contributed by atoms with Gasteiger partial charge in [0.05, 0.1) is 18.1 Å². The van der Waals surface area contributed by atoms with E-state index in [1.807, 2.05) is 52.3 Å². The molecule has 2 aromatic rings. The number of likely N-dealkylation sites (tertiary alicyclic amines) is 1. The number of hydrogen-bond acceptors (Lipinski definition) is 5. The van der Waals surface area contributed by atoms with Crippen LogP contribution < -0.4 is 34.3 Å². The van der Waals surface area contributed by atoms with Crippen LogP contribution in [0.25, 0.3) is 4.72 Å². The summed E-state index contributed by atoms with van der Waals surface area (Å²) < 4.78 is 33.0. The molecule has 8 nitrogen and oxygen atoms in total. The van der Waals surface area contributed by atoms with Crippen molar-refractivity contribution in [3.8, 4) is 0 Å². The summed E-state index contributed by atoms with van der Waals surface area (Å²) in [5, 5.41) is 4.20. The maximum Gasteiger partial charge on any atom is 1.00 e. The van der Waals surface area contributed by atoms with Crippen molar-refractivity contribution in [1.82, 2.24) is 19.4 Å². The van der Waals surface area contributed by atoms with Crippen molar-refractivity contribution < 1.29 is 42.8 Å². The van der Waals surface area contributed by atoms with Gasteiger partial charge in [0.1, 0.15) is 0 Å². The van der Waals surface area contributed by atoms with Crippen LogP contribution in [0, 0.1) is 13.8 Å². The first-order valence-corrected chi connectivity index (χ1v) is 11.1. The third-order valence-electron chi connectivity index (χ3n) is 5.11. The molecule has 2 unspecified atom stereocenters. The van der Waals surface area contributed by atoms with Crippen molar-refractivity contribution in [1.29, 1.82) is 0 Å². The molecule has 0 saturated carbocycles. The van der Waals surface area contributed by atoms with Crippen molar-refractivity contribution in [3.63, 3.8) is 0 Å². The maximum absolute atomic E-state index is 12.6. The molecule has 1 aromatic carbocycles. The molecule has 2 heterocycles. The second kappa shape index (κ2) is 10.4. The minimum absolute atomic E-state index is 0. The van der Waals surface area contributed by atoms with E-state index in [-0.39, 0.29) is 48.1 Å². The van der Waals surface area contributed by atoms with Crippen LogP contribution in [0.2, 0.25) is 0 Å². The molecule has 0 spiro atoms. The van der Waals surface area contributed by atoms with Gasteiger partial charge in [0.25, 0.3) is 0 Å². The molecule has 1 aliphatic heterocycles. The van der Waals surface area contributed by atoms with Gasteiger partial charge in [-0.15, -0.1) is 0 Å². The van der Waals surface area contributed by atoms with E-state index in [0.29, 0.717) is 6.42 Å². The van der Waals surface area contributed by atoms with Gasteiger partial charge in [-0.2, -0.15) is 5.10 Å². The topological polar surface area (TPSA) is 98.4 Å². The zero-order valence-electron chi connectivity index (χ0n) is 18.3. The molecule has 0 radical (unpaired) electrons. The molecule has 158 valence electrons. The summed E-state index contributed by atoms with van der Waals surface area (Å²) in [7, 11) is -0.322. The number of nitrogens with one attached hydrogen (secondary N) is 1. The number of piperidine rings is 1. The molecule has 1 fully saturated rings. The van der Waals surface area contributed by atoms with E-state index in [1.165, 1.54) is 0 Å². The van der Waals surface area contributed by atoms with Gasteiger partial charge in [-0.25, -0.2) is 13.1 Å². The Morgan fingerprint density at radius 2 is 1.90 bits per heavy atom. The molecule has 3 rings (SSSR count). The van der Waals surface area contributed by atoms with Crippen molar-refractivity contribution in [3.05, 3.63) is 57.6 Å². The Bertz CT molecular complexity index is 972. The standard InChI is InChI=1S/C20H29N5O3S.Na/c1-14-8-15(2)10-16(9-14)11-19(26)23-29(27,28)22-18-6-5-7-24(3)20(18)17-12-21-25(4)13-17;/h8-10,12-13,18,20,22H,5-7,11H2,1-4H3,(H,23,26);/q;+1/p-1. The summed E-state index contributed by atoms with van der Waals surface area (Å²) in [5.74, 6) is -0.676. The predicted molar refractivity (Wildman–Crippen MR) is 112 cm³/mol. The van der Waals surface area contributed by atoms with E-state index in [9.17, 15) is 13.2 Å². The van der Waals surface area contributed by atoms with E-state index in [2.05, 4.69) is 19.4 Å². The predicted octanol–water partition coefficient (Wildman–Crippen LogP) is -0.846. The van der Waals surface area contributed by atoms with Crippen molar-refractivity contribution in [2.24, 2.45) is 7.05 Å².